The number of benzene rings is 1. The molecule has 0 saturated carbocycles. The first-order valence-electron chi connectivity index (χ1n) is 4.56. The molecule has 0 unspecified atom stereocenters. The minimum absolute atomic E-state index is 0.207. The first-order valence-corrected chi connectivity index (χ1v) is 5.35. The van der Waals surface area contributed by atoms with Crippen molar-refractivity contribution in [3.63, 3.8) is 0 Å². The molecular weight excluding hydrogens is 263 g/mol. The maximum atomic E-state index is 13.6. The molecule has 0 saturated heterocycles. The second-order valence-corrected chi connectivity index (χ2v) is 4.76. The van der Waals surface area contributed by atoms with Gasteiger partial charge in [0, 0.05) is 17.1 Å². The zero-order valence-electron chi connectivity index (χ0n) is 8.97. The Balaban J connectivity index is 3.19. The van der Waals surface area contributed by atoms with Gasteiger partial charge in [-0.15, -0.1) is 0 Å². The Hall–Kier alpha value is -0.450. The molecule has 2 nitrogen and oxygen atoms in total. The zero-order chi connectivity index (χ0) is 11.6. The molecule has 1 aromatic rings. The van der Waals surface area contributed by atoms with Crippen molar-refractivity contribution in [3.05, 3.63) is 33.5 Å². The van der Waals surface area contributed by atoms with Crippen LogP contribution in [0.4, 0.5) is 4.39 Å². The van der Waals surface area contributed by atoms with Gasteiger partial charge in [-0.1, -0.05) is 15.9 Å². The molecule has 4 heteroatoms. The highest BCUT2D eigenvalue weighted by Gasteiger charge is 2.19. The molecule has 0 atom stereocenters. The van der Waals surface area contributed by atoms with Gasteiger partial charge in [0.1, 0.15) is 5.82 Å². The zero-order valence-corrected chi connectivity index (χ0v) is 10.6. The smallest absolute Gasteiger partial charge is 0.130 e. The van der Waals surface area contributed by atoms with E-state index in [0.29, 0.717) is 15.6 Å². The molecule has 1 N–H and O–H groups in total. The van der Waals surface area contributed by atoms with E-state index in [1.807, 2.05) is 0 Å². The van der Waals surface area contributed by atoms with Gasteiger partial charge in [0.05, 0.1) is 12.2 Å². The van der Waals surface area contributed by atoms with E-state index in [4.69, 9.17) is 4.74 Å². The quantitative estimate of drug-likeness (QED) is 0.920. The number of halogens is 2. The van der Waals surface area contributed by atoms with Crippen molar-refractivity contribution in [1.82, 2.24) is 0 Å². The fraction of sp³-hybridized carbons (Fsp3) is 0.455. The Morgan fingerprint density at radius 1 is 1.47 bits per heavy atom. The van der Waals surface area contributed by atoms with E-state index in [2.05, 4.69) is 15.9 Å². The van der Waals surface area contributed by atoms with Gasteiger partial charge in [-0.3, -0.25) is 0 Å². The predicted octanol–water partition coefficient (Wildman–Crippen LogP) is 2.96. The maximum absolute atomic E-state index is 13.6. The maximum Gasteiger partial charge on any atom is 0.130 e. The first kappa shape index (κ1) is 12.6. The molecule has 0 fully saturated rings. The lowest BCUT2D eigenvalue weighted by atomic mass is 9.97. The number of aliphatic hydroxyl groups is 1. The Morgan fingerprint density at radius 2 is 2.07 bits per heavy atom. The van der Waals surface area contributed by atoms with Crippen LogP contribution in [0.1, 0.15) is 25.0 Å². The van der Waals surface area contributed by atoms with Gasteiger partial charge in [0.15, 0.2) is 0 Å². The lowest BCUT2D eigenvalue weighted by Gasteiger charge is -2.19. The van der Waals surface area contributed by atoms with Crippen LogP contribution in [0, 0.1) is 5.82 Å². The summed E-state index contributed by atoms with van der Waals surface area (Å²) in [6.07, 6.45) is 0. The van der Waals surface area contributed by atoms with Crippen LogP contribution in [-0.4, -0.2) is 12.2 Å². The average molecular weight is 277 g/mol. The Bertz CT molecular complexity index is 335. The number of methoxy groups -OCH3 is 1. The van der Waals surface area contributed by atoms with Gasteiger partial charge in [-0.25, -0.2) is 4.39 Å². The van der Waals surface area contributed by atoms with Gasteiger partial charge in [0.25, 0.3) is 0 Å². The highest BCUT2D eigenvalue weighted by molar-refractivity contribution is 9.10. The van der Waals surface area contributed by atoms with Crippen molar-refractivity contribution in [3.8, 4) is 0 Å². The summed E-state index contributed by atoms with van der Waals surface area (Å²) < 4.78 is 19.1. The van der Waals surface area contributed by atoms with Gasteiger partial charge < -0.3 is 9.84 Å². The molecule has 1 rings (SSSR count). The SMILES string of the molecule is COCc1c(F)cc(C(C)(C)O)cc1Br. The summed E-state index contributed by atoms with van der Waals surface area (Å²) in [5.74, 6) is -0.372. The van der Waals surface area contributed by atoms with Gasteiger partial charge in [-0.2, -0.15) is 0 Å². The van der Waals surface area contributed by atoms with Crippen molar-refractivity contribution < 1.29 is 14.2 Å². The average Bonchev–Trinajstić information content (AvgIpc) is 2.09. The molecule has 0 radical (unpaired) electrons. The summed E-state index contributed by atoms with van der Waals surface area (Å²) >= 11 is 3.26. The highest BCUT2D eigenvalue weighted by atomic mass is 79.9. The summed E-state index contributed by atoms with van der Waals surface area (Å²) in [6.45, 7) is 3.44. The minimum Gasteiger partial charge on any atom is -0.386 e. The van der Waals surface area contributed by atoms with Crippen molar-refractivity contribution in [2.45, 2.75) is 26.1 Å². The lowest BCUT2D eigenvalue weighted by molar-refractivity contribution is 0.0780. The topological polar surface area (TPSA) is 29.5 Å². The molecule has 0 amide bonds. The van der Waals surface area contributed by atoms with E-state index in [-0.39, 0.29) is 12.4 Å². The fourth-order valence-corrected chi connectivity index (χ4v) is 1.79. The van der Waals surface area contributed by atoms with E-state index in [9.17, 15) is 9.50 Å². The number of rotatable bonds is 3. The van der Waals surface area contributed by atoms with Crippen LogP contribution in [0.5, 0.6) is 0 Å². The largest absolute Gasteiger partial charge is 0.386 e. The van der Waals surface area contributed by atoms with E-state index in [1.165, 1.54) is 13.2 Å². The fourth-order valence-electron chi connectivity index (χ4n) is 1.24. The molecular formula is C11H14BrFO2. The molecule has 0 bridgehead atoms. The van der Waals surface area contributed by atoms with Crippen LogP contribution in [-0.2, 0) is 16.9 Å². The number of hydrogen-bond donors (Lipinski definition) is 1. The lowest BCUT2D eigenvalue weighted by Crippen LogP contribution is -2.16. The first-order chi connectivity index (χ1) is 6.86. The van der Waals surface area contributed by atoms with Crippen molar-refractivity contribution in [2.24, 2.45) is 0 Å². The standard InChI is InChI=1S/C11H14BrFO2/c1-11(2,14)7-4-9(12)8(6-15-3)10(13)5-7/h4-5,14H,6H2,1-3H3. The Labute approximate surface area is 97.2 Å². The van der Waals surface area contributed by atoms with Crippen molar-refractivity contribution >= 4 is 15.9 Å². The normalized spacial score (nSPS) is 11.9. The number of hydrogen-bond acceptors (Lipinski definition) is 2. The molecule has 0 aliphatic rings. The van der Waals surface area contributed by atoms with Gasteiger partial charge in [-0.05, 0) is 31.5 Å². The predicted molar refractivity (Wildman–Crippen MR) is 60.1 cm³/mol. The van der Waals surface area contributed by atoms with Crippen LogP contribution >= 0.6 is 15.9 Å². The van der Waals surface area contributed by atoms with Crippen LogP contribution in [0.3, 0.4) is 0 Å². The summed E-state index contributed by atoms with van der Waals surface area (Å²) in [5, 5.41) is 9.74. The second-order valence-electron chi connectivity index (χ2n) is 3.91. The van der Waals surface area contributed by atoms with Crippen LogP contribution in [0.15, 0.2) is 16.6 Å². The monoisotopic (exact) mass is 276 g/mol. The van der Waals surface area contributed by atoms with E-state index in [1.54, 1.807) is 19.9 Å². The molecule has 0 heterocycles. The van der Waals surface area contributed by atoms with Gasteiger partial charge >= 0.3 is 0 Å². The highest BCUT2D eigenvalue weighted by Crippen LogP contribution is 2.28. The number of ether oxygens (including phenoxy) is 1. The molecule has 0 aliphatic heterocycles. The summed E-state index contributed by atoms with van der Waals surface area (Å²) in [6, 6.07) is 3.04. The van der Waals surface area contributed by atoms with E-state index < -0.39 is 5.60 Å². The van der Waals surface area contributed by atoms with Crippen LogP contribution in [0.2, 0.25) is 0 Å². The van der Waals surface area contributed by atoms with Crippen LogP contribution < -0.4 is 0 Å². The third-order valence-corrected chi connectivity index (χ3v) is 2.84. The molecule has 0 aromatic heterocycles. The second kappa shape index (κ2) is 4.60. The summed E-state index contributed by atoms with van der Waals surface area (Å²) in [4.78, 5) is 0. The molecule has 1 aromatic carbocycles. The van der Waals surface area contributed by atoms with Crippen LogP contribution in [0.25, 0.3) is 0 Å². The summed E-state index contributed by atoms with van der Waals surface area (Å²) in [7, 11) is 1.51. The van der Waals surface area contributed by atoms with E-state index in [0.717, 1.165) is 0 Å². The van der Waals surface area contributed by atoms with Gasteiger partial charge in [0.2, 0.25) is 0 Å². The molecule has 0 spiro atoms. The summed E-state index contributed by atoms with van der Waals surface area (Å²) in [5.41, 5.74) is -0.0492. The Morgan fingerprint density at radius 3 is 2.47 bits per heavy atom. The molecule has 84 valence electrons. The third kappa shape index (κ3) is 3.00. The Kier molecular flexibility index (Phi) is 3.87. The minimum atomic E-state index is -1.05. The van der Waals surface area contributed by atoms with Crippen molar-refractivity contribution in [1.29, 1.82) is 0 Å². The third-order valence-electron chi connectivity index (χ3n) is 2.14. The van der Waals surface area contributed by atoms with Crippen molar-refractivity contribution in [2.75, 3.05) is 7.11 Å². The molecule has 15 heavy (non-hydrogen) atoms. The van der Waals surface area contributed by atoms with E-state index >= 15 is 0 Å². The molecule has 0 aliphatic carbocycles.